The first kappa shape index (κ1) is 6.80. The summed E-state index contributed by atoms with van der Waals surface area (Å²) in [6, 6.07) is 1.77. The SMILES string of the molecule is NC(=O)C[CH]c1cc[nH]n1. The van der Waals surface area contributed by atoms with Crippen LogP contribution in [0.4, 0.5) is 0 Å². The molecule has 0 aliphatic heterocycles. The minimum atomic E-state index is -0.344. The summed E-state index contributed by atoms with van der Waals surface area (Å²) in [5.41, 5.74) is 5.65. The molecular weight excluding hydrogens is 130 g/mol. The second kappa shape index (κ2) is 3.00. The first-order valence-corrected chi connectivity index (χ1v) is 2.90. The Morgan fingerprint density at radius 1 is 1.90 bits per heavy atom. The number of nitrogens with zero attached hydrogens (tertiary/aromatic N) is 1. The van der Waals surface area contributed by atoms with Gasteiger partial charge in [0.25, 0.3) is 0 Å². The number of carbonyl (C=O) groups excluding carboxylic acids is 1. The first-order valence-electron chi connectivity index (χ1n) is 2.90. The van der Waals surface area contributed by atoms with Crippen LogP contribution in [0.15, 0.2) is 12.3 Å². The van der Waals surface area contributed by atoms with Crippen molar-refractivity contribution in [3.8, 4) is 0 Å². The number of primary amides is 1. The topological polar surface area (TPSA) is 71.8 Å². The van der Waals surface area contributed by atoms with Crippen molar-refractivity contribution in [2.45, 2.75) is 6.42 Å². The molecule has 1 amide bonds. The monoisotopic (exact) mass is 138 g/mol. The van der Waals surface area contributed by atoms with Gasteiger partial charge in [-0.05, 0) is 6.07 Å². The summed E-state index contributed by atoms with van der Waals surface area (Å²) >= 11 is 0. The summed E-state index contributed by atoms with van der Waals surface area (Å²) in [6.07, 6.45) is 3.59. The standard InChI is InChI=1S/C6H8N3O/c7-6(10)2-1-5-3-4-8-9-5/h1,3-4H,2H2,(H2,7,10)(H,8,9). The Labute approximate surface area is 58.4 Å². The average molecular weight is 138 g/mol. The Balaban J connectivity index is 2.35. The zero-order valence-electron chi connectivity index (χ0n) is 5.37. The molecule has 4 nitrogen and oxygen atoms in total. The summed E-state index contributed by atoms with van der Waals surface area (Å²) in [5, 5.41) is 6.42. The van der Waals surface area contributed by atoms with Crippen molar-refractivity contribution in [2.24, 2.45) is 5.73 Å². The van der Waals surface area contributed by atoms with Crippen LogP contribution in [-0.4, -0.2) is 16.1 Å². The molecule has 0 saturated carbocycles. The van der Waals surface area contributed by atoms with Crippen molar-refractivity contribution in [1.29, 1.82) is 0 Å². The van der Waals surface area contributed by atoms with Crippen molar-refractivity contribution in [3.05, 3.63) is 24.4 Å². The number of carbonyl (C=O) groups is 1. The second-order valence-corrected chi connectivity index (χ2v) is 1.87. The van der Waals surface area contributed by atoms with Crippen molar-refractivity contribution in [1.82, 2.24) is 10.2 Å². The number of aromatic amines is 1. The van der Waals surface area contributed by atoms with E-state index in [-0.39, 0.29) is 12.3 Å². The van der Waals surface area contributed by atoms with Crippen LogP contribution in [0.3, 0.4) is 0 Å². The molecule has 53 valence electrons. The van der Waals surface area contributed by atoms with E-state index in [1.165, 1.54) is 0 Å². The Kier molecular flexibility index (Phi) is 2.04. The van der Waals surface area contributed by atoms with E-state index in [9.17, 15) is 4.79 Å². The highest BCUT2D eigenvalue weighted by Crippen LogP contribution is 1.98. The number of hydrogen-bond donors (Lipinski definition) is 2. The molecule has 0 saturated heterocycles. The van der Waals surface area contributed by atoms with Crippen LogP contribution in [0, 0.1) is 6.42 Å². The molecule has 1 rings (SSSR count). The molecule has 3 N–H and O–H groups in total. The average Bonchev–Trinajstić information content (AvgIpc) is 2.34. The van der Waals surface area contributed by atoms with Gasteiger partial charge < -0.3 is 5.73 Å². The lowest BCUT2D eigenvalue weighted by atomic mass is 10.2. The van der Waals surface area contributed by atoms with Crippen molar-refractivity contribution < 1.29 is 4.79 Å². The molecule has 0 spiro atoms. The molecule has 0 atom stereocenters. The molecule has 0 bridgehead atoms. The van der Waals surface area contributed by atoms with Crippen molar-refractivity contribution in [2.75, 3.05) is 0 Å². The van der Waals surface area contributed by atoms with Crippen LogP contribution in [0.1, 0.15) is 12.1 Å². The van der Waals surface area contributed by atoms with Gasteiger partial charge in [-0.25, -0.2) is 0 Å². The fourth-order valence-electron chi connectivity index (χ4n) is 0.591. The highest BCUT2D eigenvalue weighted by Gasteiger charge is 1.97. The van der Waals surface area contributed by atoms with Crippen molar-refractivity contribution in [3.63, 3.8) is 0 Å². The van der Waals surface area contributed by atoms with E-state index in [0.29, 0.717) is 0 Å². The highest BCUT2D eigenvalue weighted by atomic mass is 16.1. The number of H-pyrrole nitrogens is 1. The first-order chi connectivity index (χ1) is 4.79. The smallest absolute Gasteiger partial charge is 0.218 e. The molecule has 1 aromatic rings. The Hall–Kier alpha value is -1.32. The maximum atomic E-state index is 10.2. The zero-order chi connectivity index (χ0) is 7.40. The molecule has 0 fully saturated rings. The van der Waals surface area contributed by atoms with E-state index in [0.717, 1.165) is 5.69 Å². The normalized spacial score (nSPS) is 9.60. The van der Waals surface area contributed by atoms with Gasteiger partial charge in [0, 0.05) is 19.0 Å². The van der Waals surface area contributed by atoms with E-state index in [1.807, 2.05) is 0 Å². The van der Waals surface area contributed by atoms with Gasteiger partial charge in [0.15, 0.2) is 0 Å². The largest absolute Gasteiger partial charge is 0.370 e. The van der Waals surface area contributed by atoms with Crippen LogP contribution in [0.5, 0.6) is 0 Å². The maximum absolute atomic E-state index is 10.2. The molecule has 10 heavy (non-hydrogen) atoms. The zero-order valence-corrected chi connectivity index (χ0v) is 5.37. The number of aromatic nitrogens is 2. The molecular formula is C6H8N3O. The number of nitrogens with two attached hydrogens (primary N) is 1. The summed E-state index contributed by atoms with van der Waals surface area (Å²) in [7, 11) is 0. The van der Waals surface area contributed by atoms with E-state index in [2.05, 4.69) is 10.2 Å². The van der Waals surface area contributed by atoms with Gasteiger partial charge in [0.1, 0.15) is 0 Å². The number of hydrogen-bond acceptors (Lipinski definition) is 2. The van der Waals surface area contributed by atoms with Crippen LogP contribution in [0.2, 0.25) is 0 Å². The fraction of sp³-hybridized carbons (Fsp3) is 0.167. The van der Waals surface area contributed by atoms with E-state index < -0.39 is 0 Å². The summed E-state index contributed by atoms with van der Waals surface area (Å²) in [4.78, 5) is 10.2. The van der Waals surface area contributed by atoms with Gasteiger partial charge in [0.05, 0.1) is 5.69 Å². The maximum Gasteiger partial charge on any atom is 0.218 e. The van der Waals surface area contributed by atoms with Gasteiger partial charge in [0.2, 0.25) is 5.91 Å². The molecule has 1 radical (unpaired) electrons. The van der Waals surface area contributed by atoms with Crippen LogP contribution in [-0.2, 0) is 4.79 Å². The lowest BCUT2D eigenvalue weighted by Gasteiger charge is -1.88. The van der Waals surface area contributed by atoms with Crippen LogP contribution >= 0.6 is 0 Å². The molecule has 1 aromatic heterocycles. The van der Waals surface area contributed by atoms with Crippen molar-refractivity contribution >= 4 is 5.91 Å². The Bertz CT molecular complexity index is 205. The lowest BCUT2D eigenvalue weighted by molar-refractivity contribution is -0.117. The third-order valence-corrected chi connectivity index (χ3v) is 1.03. The number of nitrogens with one attached hydrogen (secondary N) is 1. The quantitative estimate of drug-likeness (QED) is 0.609. The lowest BCUT2D eigenvalue weighted by Crippen LogP contribution is -2.10. The van der Waals surface area contributed by atoms with Crippen LogP contribution < -0.4 is 5.73 Å². The van der Waals surface area contributed by atoms with Gasteiger partial charge >= 0.3 is 0 Å². The predicted molar refractivity (Wildman–Crippen MR) is 35.8 cm³/mol. The summed E-state index contributed by atoms with van der Waals surface area (Å²) in [5.74, 6) is -0.344. The fourth-order valence-corrected chi connectivity index (χ4v) is 0.591. The Morgan fingerprint density at radius 2 is 2.70 bits per heavy atom. The van der Waals surface area contributed by atoms with Crippen LogP contribution in [0.25, 0.3) is 0 Å². The molecule has 1 heterocycles. The third-order valence-electron chi connectivity index (χ3n) is 1.03. The minimum Gasteiger partial charge on any atom is -0.370 e. The number of amides is 1. The third kappa shape index (κ3) is 1.89. The summed E-state index contributed by atoms with van der Waals surface area (Å²) in [6.45, 7) is 0. The Morgan fingerprint density at radius 3 is 3.20 bits per heavy atom. The predicted octanol–water partition coefficient (Wildman–Crippen LogP) is -0.163. The van der Waals surface area contributed by atoms with Gasteiger partial charge in [-0.3, -0.25) is 9.89 Å². The van der Waals surface area contributed by atoms with E-state index in [1.54, 1.807) is 18.7 Å². The van der Waals surface area contributed by atoms with Gasteiger partial charge in [-0.15, -0.1) is 0 Å². The van der Waals surface area contributed by atoms with Gasteiger partial charge in [-0.2, -0.15) is 5.10 Å². The molecule has 0 aliphatic carbocycles. The van der Waals surface area contributed by atoms with Gasteiger partial charge in [-0.1, -0.05) is 0 Å². The second-order valence-electron chi connectivity index (χ2n) is 1.87. The molecule has 0 aromatic carbocycles. The molecule has 0 aliphatic rings. The highest BCUT2D eigenvalue weighted by molar-refractivity contribution is 5.75. The molecule has 4 heteroatoms. The van der Waals surface area contributed by atoms with E-state index >= 15 is 0 Å². The summed E-state index contributed by atoms with van der Waals surface area (Å²) < 4.78 is 0. The molecule has 0 unspecified atom stereocenters. The van der Waals surface area contributed by atoms with E-state index in [4.69, 9.17) is 5.73 Å². The minimum absolute atomic E-state index is 0.241. The number of rotatable bonds is 3.